The number of carbonyl (C=O) groups is 1. The Hall–Kier alpha value is -0.610. The van der Waals surface area contributed by atoms with Gasteiger partial charge in [-0.1, -0.05) is 0 Å². The topological polar surface area (TPSA) is 60.8 Å². The van der Waals surface area contributed by atoms with Crippen LogP contribution >= 0.6 is 0 Å². The van der Waals surface area contributed by atoms with E-state index in [4.69, 9.17) is 10.2 Å². The van der Waals surface area contributed by atoms with Crippen molar-refractivity contribution in [3.8, 4) is 0 Å². The highest BCUT2D eigenvalue weighted by molar-refractivity contribution is 5.80. The Morgan fingerprint density at radius 3 is 1.90 bits per heavy atom. The molecule has 0 aliphatic rings. The lowest BCUT2D eigenvalue weighted by atomic mass is 10.2. The minimum atomic E-state index is -1.30. The van der Waals surface area contributed by atoms with E-state index in [-0.39, 0.29) is 0 Å². The first kappa shape index (κ1) is 9.39. The molecule has 4 heteroatoms. The summed E-state index contributed by atoms with van der Waals surface area (Å²) in [7, 11) is 3.04. The molecule has 0 spiro atoms. The van der Waals surface area contributed by atoms with E-state index in [2.05, 4.69) is 0 Å². The Balaban J connectivity index is 3.95. The maximum absolute atomic E-state index is 10.8. The smallest absolute Gasteiger partial charge is 0.253 e. The molecule has 0 rings (SSSR count). The lowest BCUT2D eigenvalue weighted by Crippen LogP contribution is -2.40. The highest BCUT2D eigenvalue weighted by Crippen LogP contribution is 1.94. The van der Waals surface area contributed by atoms with Gasteiger partial charge in [0.1, 0.15) is 0 Å². The second-order valence-corrected chi connectivity index (χ2v) is 2.42. The van der Waals surface area contributed by atoms with Gasteiger partial charge < -0.3 is 15.1 Å². The first-order valence-electron chi connectivity index (χ1n) is 3.04. The molecule has 0 bridgehead atoms. The number of hydrogen-bond donors (Lipinski definition) is 2. The normalized spacial score (nSPS) is 16.1. The predicted octanol–water partition coefficient (Wildman–Crippen LogP) is -1.18. The minimum absolute atomic E-state index is 0.477. The van der Waals surface area contributed by atoms with E-state index >= 15 is 0 Å². The van der Waals surface area contributed by atoms with E-state index in [9.17, 15) is 4.79 Å². The summed E-state index contributed by atoms with van der Waals surface area (Å²) < 4.78 is 0. The van der Waals surface area contributed by atoms with Crippen LogP contribution in [0, 0.1) is 0 Å². The van der Waals surface area contributed by atoms with Crippen LogP contribution in [0.3, 0.4) is 0 Å². The highest BCUT2D eigenvalue weighted by Gasteiger charge is 2.21. The molecule has 0 saturated carbocycles. The average Bonchev–Trinajstić information content (AvgIpc) is 1.84. The van der Waals surface area contributed by atoms with Crippen LogP contribution in [0.2, 0.25) is 0 Å². The van der Waals surface area contributed by atoms with Crippen molar-refractivity contribution < 1.29 is 15.0 Å². The summed E-state index contributed by atoms with van der Waals surface area (Å²) in [6.07, 6.45) is -2.30. The van der Waals surface area contributed by atoms with Crippen LogP contribution < -0.4 is 0 Å². The first-order chi connectivity index (χ1) is 4.46. The van der Waals surface area contributed by atoms with E-state index in [1.54, 1.807) is 0 Å². The molecule has 2 atom stereocenters. The van der Waals surface area contributed by atoms with Gasteiger partial charge in [0.2, 0.25) is 0 Å². The molecule has 2 N–H and O–H groups in total. The number of nitrogens with zero attached hydrogens (tertiary/aromatic N) is 1. The Morgan fingerprint density at radius 2 is 1.80 bits per heavy atom. The average molecular weight is 147 g/mol. The third-order valence-corrected chi connectivity index (χ3v) is 1.15. The lowest BCUT2D eigenvalue weighted by Gasteiger charge is -2.17. The fraction of sp³-hybridized carbons (Fsp3) is 0.833. The van der Waals surface area contributed by atoms with Crippen LogP contribution in [0.4, 0.5) is 0 Å². The Kier molecular flexibility index (Phi) is 3.32. The van der Waals surface area contributed by atoms with Gasteiger partial charge in [-0.25, -0.2) is 0 Å². The van der Waals surface area contributed by atoms with Gasteiger partial charge in [0.05, 0.1) is 6.10 Å². The molecule has 0 aromatic rings. The largest absolute Gasteiger partial charge is 0.390 e. The molecule has 0 saturated heterocycles. The molecule has 0 aliphatic carbocycles. The third-order valence-electron chi connectivity index (χ3n) is 1.15. The summed E-state index contributed by atoms with van der Waals surface area (Å²) in [5.41, 5.74) is 0. The van der Waals surface area contributed by atoms with Crippen LogP contribution in [-0.4, -0.2) is 47.3 Å². The van der Waals surface area contributed by atoms with E-state index in [0.717, 1.165) is 0 Å². The Labute approximate surface area is 60.1 Å². The van der Waals surface area contributed by atoms with Crippen LogP contribution in [0.1, 0.15) is 6.92 Å². The summed E-state index contributed by atoms with van der Waals surface area (Å²) >= 11 is 0. The molecular weight excluding hydrogens is 134 g/mol. The van der Waals surface area contributed by atoms with E-state index in [1.165, 1.54) is 25.9 Å². The minimum Gasteiger partial charge on any atom is -0.390 e. The number of carbonyl (C=O) groups excluding carboxylic acids is 1. The molecule has 0 aromatic heterocycles. The zero-order valence-corrected chi connectivity index (χ0v) is 6.40. The molecule has 0 aromatic carbocycles. The molecular formula is C6H13NO3. The Morgan fingerprint density at radius 1 is 1.40 bits per heavy atom. The van der Waals surface area contributed by atoms with Crippen molar-refractivity contribution in [3.05, 3.63) is 0 Å². The van der Waals surface area contributed by atoms with Crippen LogP contribution in [0.5, 0.6) is 0 Å². The molecule has 10 heavy (non-hydrogen) atoms. The number of amides is 1. The zero-order chi connectivity index (χ0) is 8.31. The maximum atomic E-state index is 10.8. The van der Waals surface area contributed by atoms with Crippen molar-refractivity contribution in [2.45, 2.75) is 19.1 Å². The maximum Gasteiger partial charge on any atom is 0.253 e. The highest BCUT2D eigenvalue weighted by atomic mass is 16.3. The summed E-state index contributed by atoms with van der Waals surface area (Å²) in [5, 5.41) is 17.7. The summed E-state index contributed by atoms with van der Waals surface area (Å²) in [6.45, 7) is 1.37. The fourth-order valence-electron chi connectivity index (χ4n) is 0.471. The van der Waals surface area contributed by atoms with Crippen molar-refractivity contribution in [1.29, 1.82) is 0 Å². The second kappa shape index (κ2) is 3.53. The molecule has 0 heterocycles. The van der Waals surface area contributed by atoms with E-state index < -0.39 is 18.1 Å². The molecule has 0 fully saturated rings. The van der Waals surface area contributed by atoms with Gasteiger partial charge in [0.25, 0.3) is 5.91 Å². The van der Waals surface area contributed by atoms with Gasteiger partial charge in [-0.15, -0.1) is 0 Å². The van der Waals surface area contributed by atoms with Crippen molar-refractivity contribution in [2.75, 3.05) is 14.1 Å². The van der Waals surface area contributed by atoms with Gasteiger partial charge in [0, 0.05) is 14.1 Å². The number of likely N-dealkylation sites (N-methyl/N-ethyl adjacent to an activating group) is 1. The van der Waals surface area contributed by atoms with Crippen molar-refractivity contribution in [1.82, 2.24) is 4.90 Å². The molecule has 60 valence electrons. The standard InChI is InChI=1S/C6H13NO3/c1-4(8)5(9)6(10)7(2)3/h4-5,8-9H,1-3H3/t4-,5+/m1/s1. The molecule has 0 aliphatic heterocycles. The van der Waals surface area contributed by atoms with Crippen LogP contribution in [0.25, 0.3) is 0 Å². The number of hydrogen-bond acceptors (Lipinski definition) is 3. The van der Waals surface area contributed by atoms with Crippen molar-refractivity contribution in [3.63, 3.8) is 0 Å². The van der Waals surface area contributed by atoms with Crippen LogP contribution in [0.15, 0.2) is 0 Å². The van der Waals surface area contributed by atoms with Gasteiger partial charge in [-0.2, -0.15) is 0 Å². The quantitative estimate of drug-likeness (QED) is 0.516. The number of aliphatic hydroxyl groups excluding tert-OH is 2. The van der Waals surface area contributed by atoms with Gasteiger partial charge in [-0.05, 0) is 6.92 Å². The first-order valence-corrected chi connectivity index (χ1v) is 3.04. The lowest BCUT2D eigenvalue weighted by molar-refractivity contribution is -0.142. The van der Waals surface area contributed by atoms with Crippen LogP contribution in [-0.2, 0) is 4.79 Å². The monoisotopic (exact) mass is 147 g/mol. The van der Waals surface area contributed by atoms with Crippen molar-refractivity contribution >= 4 is 5.91 Å². The van der Waals surface area contributed by atoms with Crippen molar-refractivity contribution in [2.24, 2.45) is 0 Å². The predicted molar refractivity (Wildman–Crippen MR) is 36.4 cm³/mol. The van der Waals surface area contributed by atoms with Gasteiger partial charge >= 0.3 is 0 Å². The number of rotatable bonds is 2. The molecule has 0 unspecified atom stereocenters. The third kappa shape index (κ3) is 2.33. The van der Waals surface area contributed by atoms with Gasteiger partial charge in [-0.3, -0.25) is 4.79 Å². The molecule has 1 amide bonds. The Bertz CT molecular complexity index is 122. The summed E-state index contributed by atoms with van der Waals surface area (Å²) in [6, 6.07) is 0. The SMILES string of the molecule is C[C@@H](O)[C@H](O)C(=O)N(C)C. The van der Waals surface area contributed by atoms with E-state index in [0.29, 0.717) is 0 Å². The van der Waals surface area contributed by atoms with E-state index in [1.807, 2.05) is 0 Å². The zero-order valence-electron chi connectivity index (χ0n) is 6.40. The fourth-order valence-corrected chi connectivity index (χ4v) is 0.471. The second-order valence-electron chi connectivity index (χ2n) is 2.42. The molecule has 0 radical (unpaired) electrons. The summed E-state index contributed by atoms with van der Waals surface area (Å²) in [4.78, 5) is 12.0. The number of aliphatic hydroxyl groups is 2. The summed E-state index contributed by atoms with van der Waals surface area (Å²) in [5.74, 6) is -0.477. The van der Waals surface area contributed by atoms with Gasteiger partial charge in [0.15, 0.2) is 6.10 Å². The molecule has 4 nitrogen and oxygen atoms in total.